The first-order chi connectivity index (χ1) is 5.34. The fourth-order valence-corrected chi connectivity index (χ4v) is 1.01. The van der Waals surface area contributed by atoms with Crippen LogP contribution in [0.15, 0.2) is 18.3 Å². The SMILES string of the molecule is CCCC=Cc1[nH]ccc1C. The maximum Gasteiger partial charge on any atom is 0.0406 e. The molecule has 60 valence electrons. The first-order valence-electron chi connectivity index (χ1n) is 4.15. The number of aromatic nitrogens is 1. The number of aromatic amines is 1. The smallest absolute Gasteiger partial charge is 0.0406 e. The standard InChI is InChI=1S/C10H15N/c1-3-4-5-6-10-9(2)7-8-11-10/h5-8,11H,3-4H2,1-2H3. The van der Waals surface area contributed by atoms with Crippen LogP contribution < -0.4 is 0 Å². The molecule has 0 atom stereocenters. The Morgan fingerprint density at radius 2 is 2.36 bits per heavy atom. The highest BCUT2D eigenvalue weighted by Crippen LogP contribution is 2.06. The molecule has 0 fully saturated rings. The van der Waals surface area contributed by atoms with Gasteiger partial charge in [-0.05, 0) is 31.1 Å². The van der Waals surface area contributed by atoms with Crippen LogP contribution in [0.1, 0.15) is 31.0 Å². The Bertz CT molecular complexity index is 233. The Balaban J connectivity index is 2.56. The van der Waals surface area contributed by atoms with Gasteiger partial charge in [0.1, 0.15) is 0 Å². The summed E-state index contributed by atoms with van der Waals surface area (Å²) in [6, 6.07) is 2.09. The van der Waals surface area contributed by atoms with Gasteiger partial charge in [0.15, 0.2) is 0 Å². The van der Waals surface area contributed by atoms with Crippen LogP contribution in [0.2, 0.25) is 0 Å². The number of rotatable bonds is 3. The molecule has 0 bridgehead atoms. The Morgan fingerprint density at radius 1 is 1.55 bits per heavy atom. The molecule has 0 aliphatic carbocycles. The van der Waals surface area contributed by atoms with E-state index in [4.69, 9.17) is 0 Å². The fourth-order valence-electron chi connectivity index (χ4n) is 1.01. The van der Waals surface area contributed by atoms with Crippen LogP contribution in [-0.4, -0.2) is 4.98 Å². The van der Waals surface area contributed by atoms with Crippen molar-refractivity contribution in [3.63, 3.8) is 0 Å². The lowest BCUT2D eigenvalue weighted by Gasteiger charge is -1.89. The highest BCUT2D eigenvalue weighted by atomic mass is 14.7. The highest BCUT2D eigenvalue weighted by molar-refractivity contribution is 5.48. The van der Waals surface area contributed by atoms with Crippen LogP contribution in [-0.2, 0) is 0 Å². The van der Waals surface area contributed by atoms with Crippen LogP contribution in [0.3, 0.4) is 0 Å². The molecule has 0 amide bonds. The average Bonchev–Trinajstić information content (AvgIpc) is 2.37. The van der Waals surface area contributed by atoms with Gasteiger partial charge in [-0.1, -0.05) is 19.4 Å². The first-order valence-corrected chi connectivity index (χ1v) is 4.15. The Hall–Kier alpha value is -0.980. The summed E-state index contributed by atoms with van der Waals surface area (Å²) >= 11 is 0. The second kappa shape index (κ2) is 4.02. The van der Waals surface area contributed by atoms with Gasteiger partial charge in [0.05, 0.1) is 0 Å². The molecule has 11 heavy (non-hydrogen) atoms. The number of hydrogen-bond acceptors (Lipinski definition) is 0. The zero-order valence-corrected chi connectivity index (χ0v) is 7.22. The Kier molecular flexibility index (Phi) is 2.96. The van der Waals surface area contributed by atoms with Gasteiger partial charge in [0.25, 0.3) is 0 Å². The van der Waals surface area contributed by atoms with Crippen LogP contribution in [0, 0.1) is 6.92 Å². The van der Waals surface area contributed by atoms with Crippen molar-refractivity contribution in [2.75, 3.05) is 0 Å². The quantitative estimate of drug-likeness (QED) is 0.679. The molecule has 0 saturated carbocycles. The molecule has 0 saturated heterocycles. The van der Waals surface area contributed by atoms with E-state index in [0.717, 1.165) is 0 Å². The van der Waals surface area contributed by atoms with Crippen molar-refractivity contribution in [1.29, 1.82) is 0 Å². The molecule has 1 nitrogen and oxygen atoms in total. The summed E-state index contributed by atoms with van der Waals surface area (Å²) in [6.45, 7) is 4.30. The van der Waals surface area contributed by atoms with Crippen LogP contribution in [0.25, 0.3) is 6.08 Å². The van der Waals surface area contributed by atoms with E-state index in [1.807, 2.05) is 6.20 Å². The lowest BCUT2D eigenvalue weighted by Crippen LogP contribution is -1.73. The number of hydrogen-bond donors (Lipinski definition) is 1. The molecule has 0 spiro atoms. The van der Waals surface area contributed by atoms with Crippen molar-refractivity contribution in [1.82, 2.24) is 4.98 Å². The average molecular weight is 149 g/mol. The van der Waals surface area contributed by atoms with Crippen molar-refractivity contribution in [3.8, 4) is 0 Å². The topological polar surface area (TPSA) is 15.8 Å². The molecule has 1 rings (SSSR count). The van der Waals surface area contributed by atoms with Gasteiger partial charge >= 0.3 is 0 Å². The van der Waals surface area contributed by atoms with Gasteiger partial charge in [-0.25, -0.2) is 0 Å². The van der Waals surface area contributed by atoms with Gasteiger partial charge in [-0.15, -0.1) is 0 Å². The molecule has 1 aromatic rings. The van der Waals surface area contributed by atoms with E-state index in [1.54, 1.807) is 0 Å². The molecule has 1 N–H and O–H groups in total. The Labute approximate surface area is 68.1 Å². The number of allylic oxidation sites excluding steroid dienone is 1. The molecule has 1 aromatic heterocycles. The van der Waals surface area contributed by atoms with Crippen LogP contribution >= 0.6 is 0 Å². The summed E-state index contributed by atoms with van der Waals surface area (Å²) in [5.74, 6) is 0. The van der Waals surface area contributed by atoms with Crippen molar-refractivity contribution in [2.45, 2.75) is 26.7 Å². The predicted molar refractivity (Wildman–Crippen MR) is 49.5 cm³/mol. The van der Waals surface area contributed by atoms with E-state index in [-0.39, 0.29) is 0 Å². The summed E-state index contributed by atoms with van der Waals surface area (Å²) in [4.78, 5) is 3.18. The van der Waals surface area contributed by atoms with E-state index in [0.29, 0.717) is 0 Å². The summed E-state index contributed by atoms with van der Waals surface area (Å²) in [5.41, 5.74) is 2.55. The Morgan fingerprint density at radius 3 is 2.91 bits per heavy atom. The van der Waals surface area contributed by atoms with E-state index in [9.17, 15) is 0 Å². The first kappa shape index (κ1) is 8.12. The lowest BCUT2D eigenvalue weighted by atomic mass is 10.2. The molecule has 1 heterocycles. The minimum atomic E-state index is 1.17. The number of H-pyrrole nitrogens is 1. The third kappa shape index (κ3) is 2.26. The number of nitrogens with one attached hydrogen (secondary N) is 1. The van der Waals surface area contributed by atoms with E-state index in [1.165, 1.54) is 24.1 Å². The highest BCUT2D eigenvalue weighted by Gasteiger charge is 1.90. The van der Waals surface area contributed by atoms with Gasteiger partial charge in [-0.2, -0.15) is 0 Å². The predicted octanol–water partition coefficient (Wildman–Crippen LogP) is 3.14. The molecule has 0 radical (unpaired) electrons. The normalized spacial score (nSPS) is 11.1. The minimum absolute atomic E-state index is 1.17. The summed E-state index contributed by atoms with van der Waals surface area (Å²) in [5, 5.41) is 0. The summed E-state index contributed by atoms with van der Waals surface area (Å²) in [7, 11) is 0. The van der Waals surface area contributed by atoms with Crippen LogP contribution in [0.4, 0.5) is 0 Å². The molecule has 1 heteroatoms. The zero-order chi connectivity index (χ0) is 8.10. The molecule has 0 aliphatic heterocycles. The number of aryl methyl sites for hydroxylation is 1. The zero-order valence-electron chi connectivity index (χ0n) is 7.22. The molecule has 0 aliphatic rings. The van der Waals surface area contributed by atoms with Crippen molar-refractivity contribution >= 4 is 6.08 Å². The monoisotopic (exact) mass is 149 g/mol. The van der Waals surface area contributed by atoms with Gasteiger partial charge < -0.3 is 4.98 Å². The maximum atomic E-state index is 3.18. The van der Waals surface area contributed by atoms with Gasteiger partial charge in [0.2, 0.25) is 0 Å². The van der Waals surface area contributed by atoms with E-state index >= 15 is 0 Å². The summed E-state index contributed by atoms with van der Waals surface area (Å²) in [6.07, 6.45) is 8.72. The van der Waals surface area contributed by atoms with Crippen molar-refractivity contribution in [2.24, 2.45) is 0 Å². The third-order valence-electron chi connectivity index (χ3n) is 1.74. The maximum absolute atomic E-state index is 3.18. The lowest BCUT2D eigenvalue weighted by molar-refractivity contribution is 0.962. The summed E-state index contributed by atoms with van der Waals surface area (Å²) < 4.78 is 0. The fraction of sp³-hybridized carbons (Fsp3) is 0.400. The molecule has 0 unspecified atom stereocenters. The molecular formula is C10H15N. The van der Waals surface area contributed by atoms with Gasteiger partial charge in [-0.3, -0.25) is 0 Å². The number of unbranched alkanes of at least 4 members (excludes halogenated alkanes) is 1. The van der Waals surface area contributed by atoms with Crippen LogP contribution in [0.5, 0.6) is 0 Å². The third-order valence-corrected chi connectivity index (χ3v) is 1.74. The largest absolute Gasteiger partial charge is 0.361 e. The molecule has 0 aromatic carbocycles. The van der Waals surface area contributed by atoms with Gasteiger partial charge in [0, 0.05) is 11.9 Å². The second-order valence-electron chi connectivity index (χ2n) is 2.77. The second-order valence-corrected chi connectivity index (χ2v) is 2.77. The van der Waals surface area contributed by atoms with Crippen molar-refractivity contribution < 1.29 is 0 Å². The van der Waals surface area contributed by atoms with E-state index in [2.05, 4.69) is 37.0 Å². The van der Waals surface area contributed by atoms with Crippen molar-refractivity contribution in [3.05, 3.63) is 29.6 Å². The minimum Gasteiger partial charge on any atom is -0.361 e. The molecular weight excluding hydrogens is 134 g/mol. The van der Waals surface area contributed by atoms with E-state index < -0.39 is 0 Å².